The molecule has 0 aromatic heterocycles. The zero-order valence-electron chi connectivity index (χ0n) is 10.0. The van der Waals surface area contributed by atoms with Gasteiger partial charge in [-0.15, -0.1) is 0 Å². The van der Waals surface area contributed by atoms with Crippen molar-refractivity contribution in [1.82, 2.24) is 0 Å². The summed E-state index contributed by atoms with van der Waals surface area (Å²) in [6.07, 6.45) is 0. The maximum absolute atomic E-state index is 11.3. The Balaban J connectivity index is 2.15. The molecule has 0 unspecified atom stereocenters. The van der Waals surface area contributed by atoms with Crippen LogP contribution in [0.3, 0.4) is 0 Å². The molecule has 6 nitrogen and oxygen atoms in total. The molecule has 100 valence electrons. The number of nitrogens with two attached hydrogens (primary N) is 1. The molecule has 0 atom stereocenters. The van der Waals surface area contributed by atoms with Crippen LogP contribution >= 0.6 is 0 Å². The molecule has 0 aliphatic rings. The third kappa shape index (κ3) is 5.51. The minimum Gasteiger partial charge on any atom is -0.480 e. The van der Waals surface area contributed by atoms with E-state index >= 15 is 0 Å². The van der Waals surface area contributed by atoms with E-state index in [0.717, 1.165) is 0 Å². The molecule has 0 bridgehead atoms. The highest BCUT2D eigenvalue weighted by atomic mass is 16.6. The largest absolute Gasteiger partial charge is 0.480 e. The van der Waals surface area contributed by atoms with Crippen molar-refractivity contribution in [2.45, 2.75) is 0 Å². The van der Waals surface area contributed by atoms with Crippen molar-refractivity contribution in [3.63, 3.8) is 0 Å². The van der Waals surface area contributed by atoms with E-state index in [1.165, 1.54) is 0 Å². The third-order valence-corrected chi connectivity index (χ3v) is 1.99. The van der Waals surface area contributed by atoms with E-state index in [9.17, 15) is 4.79 Å². The highest BCUT2D eigenvalue weighted by Crippen LogP contribution is 2.19. The summed E-state index contributed by atoms with van der Waals surface area (Å²) >= 11 is 0. The Morgan fingerprint density at radius 2 is 2.00 bits per heavy atom. The number of anilines is 1. The van der Waals surface area contributed by atoms with Crippen LogP contribution < -0.4 is 10.5 Å². The van der Waals surface area contributed by atoms with Gasteiger partial charge in [-0.25, -0.2) is 4.79 Å². The first-order valence-electron chi connectivity index (χ1n) is 5.55. The summed E-state index contributed by atoms with van der Waals surface area (Å²) in [5.74, 6) is -0.0446. The van der Waals surface area contributed by atoms with Gasteiger partial charge in [0.15, 0.2) is 6.61 Å². The van der Waals surface area contributed by atoms with Gasteiger partial charge in [-0.3, -0.25) is 0 Å². The molecule has 3 N–H and O–H groups in total. The molecule has 18 heavy (non-hydrogen) atoms. The number of para-hydroxylation sites is 2. The topological polar surface area (TPSA) is 91.0 Å². The molecule has 0 amide bonds. The molecular formula is C12H17NO5. The molecule has 0 spiro atoms. The van der Waals surface area contributed by atoms with Gasteiger partial charge in [0, 0.05) is 0 Å². The Morgan fingerprint density at radius 1 is 1.22 bits per heavy atom. The van der Waals surface area contributed by atoms with Crippen molar-refractivity contribution in [3.05, 3.63) is 24.3 Å². The van der Waals surface area contributed by atoms with Gasteiger partial charge in [-0.1, -0.05) is 12.1 Å². The second-order valence-electron chi connectivity index (χ2n) is 3.38. The smallest absolute Gasteiger partial charge is 0.344 e. The molecular weight excluding hydrogens is 238 g/mol. The molecule has 0 aliphatic carbocycles. The van der Waals surface area contributed by atoms with Gasteiger partial charge in [-0.2, -0.15) is 0 Å². The summed E-state index contributed by atoms with van der Waals surface area (Å²) in [6.45, 7) is 0.361. The van der Waals surface area contributed by atoms with Crippen molar-refractivity contribution in [3.8, 4) is 5.75 Å². The standard InChI is InChI=1S/C12H17NO5/c13-10-3-1-2-4-11(10)18-9-12(15)17-8-7-16-6-5-14/h1-4,14H,5-9,13H2. The molecule has 0 heterocycles. The van der Waals surface area contributed by atoms with Gasteiger partial charge in [0.05, 0.1) is 25.5 Å². The number of aliphatic hydroxyl groups is 1. The van der Waals surface area contributed by atoms with E-state index in [-0.39, 0.29) is 33.0 Å². The minimum absolute atomic E-state index is 0.0512. The van der Waals surface area contributed by atoms with E-state index in [0.29, 0.717) is 11.4 Å². The fourth-order valence-corrected chi connectivity index (χ4v) is 1.17. The zero-order valence-corrected chi connectivity index (χ0v) is 10.0. The first-order chi connectivity index (χ1) is 8.74. The van der Waals surface area contributed by atoms with Gasteiger partial charge < -0.3 is 25.1 Å². The van der Waals surface area contributed by atoms with Crippen molar-refractivity contribution < 1.29 is 24.1 Å². The number of carbonyl (C=O) groups is 1. The quantitative estimate of drug-likeness (QED) is 0.392. The van der Waals surface area contributed by atoms with Gasteiger partial charge in [0.1, 0.15) is 12.4 Å². The highest BCUT2D eigenvalue weighted by Gasteiger charge is 2.05. The van der Waals surface area contributed by atoms with Crippen LogP contribution in [0.4, 0.5) is 5.69 Å². The monoisotopic (exact) mass is 255 g/mol. The Bertz CT molecular complexity index is 369. The average molecular weight is 255 g/mol. The van der Waals surface area contributed by atoms with Crippen LogP contribution in [-0.2, 0) is 14.3 Å². The number of benzene rings is 1. The number of rotatable bonds is 8. The number of ether oxygens (including phenoxy) is 3. The van der Waals surface area contributed by atoms with Crippen LogP contribution in [0.5, 0.6) is 5.75 Å². The van der Waals surface area contributed by atoms with Gasteiger partial charge >= 0.3 is 5.97 Å². The lowest BCUT2D eigenvalue weighted by Crippen LogP contribution is -2.18. The van der Waals surface area contributed by atoms with Crippen LogP contribution in [0, 0.1) is 0 Å². The van der Waals surface area contributed by atoms with E-state index in [1.807, 2.05) is 0 Å². The first-order valence-corrected chi connectivity index (χ1v) is 5.55. The second kappa shape index (κ2) is 8.32. The first kappa shape index (κ1) is 14.3. The van der Waals surface area contributed by atoms with Crippen molar-refractivity contribution in [2.24, 2.45) is 0 Å². The molecule has 6 heteroatoms. The summed E-state index contributed by atoms with van der Waals surface area (Å²) in [5, 5.41) is 8.45. The lowest BCUT2D eigenvalue weighted by atomic mass is 10.3. The fraction of sp³-hybridized carbons (Fsp3) is 0.417. The molecule has 0 saturated heterocycles. The number of hydrogen-bond donors (Lipinski definition) is 2. The Morgan fingerprint density at radius 3 is 2.72 bits per heavy atom. The van der Waals surface area contributed by atoms with Crippen LogP contribution in [0.15, 0.2) is 24.3 Å². The maximum atomic E-state index is 11.3. The maximum Gasteiger partial charge on any atom is 0.344 e. The van der Waals surface area contributed by atoms with Crippen LogP contribution in [0.1, 0.15) is 0 Å². The summed E-state index contributed by atoms with van der Waals surface area (Å²) in [5.41, 5.74) is 6.11. The lowest BCUT2D eigenvalue weighted by molar-refractivity contribution is -0.147. The normalized spacial score (nSPS) is 10.1. The molecule has 1 aromatic rings. The van der Waals surface area contributed by atoms with Gasteiger partial charge in [0.2, 0.25) is 0 Å². The van der Waals surface area contributed by atoms with Crippen molar-refractivity contribution >= 4 is 11.7 Å². The van der Waals surface area contributed by atoms with E-state index in [2.05, 4.69) is 0 Å². The molecule has 1 aromatic carbocycles. The second-order valence-corrected chi connectivity index (χ2v) is 3.38. The molecule has 0 saturated carbocycles. The predicted octanol–water partition coefficient (Wildman–Crippen LogP) is 0.200. The average Bonchev–Trinajstić information content (AvgIpc) is 2.37. The van der Waals surface area contributed by atoms with E-state index < -0.39 is 5.97 Å². The number of nitrogen functional groups attached to an aromatic ring is 1. The SMILES string of the molecule is Nc1ccccc1OCC(=O)OCCOCCO. The van der Waals surface area contributed by atoms with E-state index in [1.54, 1.807) is 24.3 Å². The van der Waals surface area contributed by atoms with E-state index in [4.69, 9.17) is 25.1 Å². The lowest BCUT2D eigenvalue weighted by Gasteiger charge is -2.08. The number of hydrogen-bond acceptors (Lipinski definition) is 6. The fourth-order valence-electron chi connectivity index (χ4n) is 1.17. The van der Waals surface area contributed by atoms with Crippen LogP contribution in [0.25, 0.3) is 0 Å². The predicted molar refractivity (Wildman–Crippen MR) is 65.2 cm³/mol. The Kier molecular flexibility index (Phi) is 6.60. The Hall–Kier alpha value is -1.79. The third-order valence-electron chi connectivity index (χ3n) is 1.99. The summed E-state index contributed by atoms with van der Waals surface area (Å²) in [4.78, 5) is 11.3. The van der Waals surface area contributed by atoms with Gasteiger partial charge in [-0.05, 0) is 12.1 Å². The molecule has 1 rings (SSSR count). The van der Waals surface area contributed by atoms with Crippen LogP contribution in [-0.4, -0.2) is 44.1 Å². The number of aliphatic hydroxyl groups excluding tert-OH is 1. The zero-order chi connectivity index (χ0) is 13.2. The van der Waals surface area contributed by atoms with Crippen molar-refractivity contribution in [2.75, 3.05) is 38.8 Å². The van der Waals surface area contributed by atoms with Gasteiger partial charge in [0.25, 0.3) is 0 Å². The Labute approximate surface area is 105 Å². The molecule has 0 aliphatic heterocycles. The highest BCUT2D eigenvalue weighted by molar-refractivity contribution is 5.71. The number of carbonyl (C=O) groups excluding carboxylic acids is 1. The molecule has 0 fully saturated rings. The number of esters is 1. The van der Waals surface area contributed by atoms with Crippen LogP contribution in [0.2, 0.25) is 0 Å². The molecule has 0 radical (unpaired) electrons. The van der Waals surface area contributed by atoms with Crippen molar-refractivity contribution in [1.29, 1.82) is 0 Å². The summed E-state index contributed by atoms with van der Waals surface area (Å²) in [6, 6.07) is 6.90. The summed E-state index contributed by atoms with van der Waals surface area (Å²) in [7, 11) is 0. The minimum atomic E-state index is -0.495. The summed E-state index contributed by atoms with van der Waals surface area (Å²) < 4.78 is 15.0.